The molecule has 0 bridgehead atoms. The van der Waals surface area contributed by atoms with Crippen LogP contribution in [0.5, 0.6) is 0 Å². The number of nitrogens with zero attached hydrogens (tertiary/aromatic N) is 2. The smallest absolute Gasteiger partial charge is 0.234 e. The Morgan fingerprint density at radius 3 is 2.53 bits per heavy atom. The lowest BCUT2D eigenvalue weighted by atomic mass is 9.89. The largest absolute Gasteiger partial charge is 0.339 e. The van der Waals surface area contributed by atoms with Crippen molar-refractivity contribution in [1.82, 2.24) is 10.1 Å². The van der Waals surface area contributed by atoms with Gasteiger partial charge in [-0.05, 0) is 12.3 Å². The van der Waals surface area contributed by atoms with E-state index in [4.69, 9.17) is 4.52 Å². The molecule has 0 unspecified atom stereocenters. The van der Waals surface area contributed by atoms with Gasteiger partial charge in [-0.25, -0.2) is 0 Å². The Bertz CT molecular complexity index is 375. The number of aromatic nitrogens is 2. The summed E-state index contributed by atoms with van der Waals surface area (Å²) in [6, 6.07) is 0. The Morgan fingerprint density at radius 1 is 1.35 bits per heavy atom. The molecule has 0 spiro atoms. The van der Waals surface area contributed by atoms with Gasteiger partial charge in [-0.1, -0.05) is 39.8 Å². The number of carbonyl (C=O) groups excluding carboxylic acids is 1. The maximum atomic E-state index is 11.8. The molecule has 1 heterocycles. The number of rotatable bonds is 5. The number of Topliss-reactive ketones (excluding diaryl/α,β-unsaturated/α-hetero) is 1. The highest BCUT2D eigenvalue weighted by Gasteiger charge is 2.23. The Balaban J connectivity index is 2.54. The van der Waals surface area contributed by atoms with Crippen molar-refractivity contribution in [3.05, 3.63) is 11.7 Å². The van der Waals surface area contributed by atoms with Gasteiger partial charge >= 0.3 is 0 Å². The molecule has 0 amide bonds. The SMILES string of the molecule is CC(C)CCc1noc(CC(=O)C(C)(C)C)n1. The monoisotopic (exact) mass is 238 g/mol. The van der Waals surface area contributed by atoms with Crippen LogP contribution in [0, 0.1) is 11.3 Å². The molecule has 1 aromatic heterocycles. The lowest BCUT2D eigenvalue weighted by molar-refractivity contribution is -0.125. The molecule has 1 rings (SSSR count). The molecule has 0 aromatic carbocycles. The van der Waals surface area contributed by atoms with E-state index in [0.717, 1.165) is 12.8 Å². The molecule has 4 nitrogen and oxygen atoms in total. The van der Waals surface area contributed by atoms with Crippen LogP contribution in [0.3, 0.4) is 0 Å². The van der Waals surface area contributed by atoms with Gasteiger partial charge in [-0.2, -0.15) is 4.98 Å². The third-order valence-corrected chi connectivity index (χ3v) is 2.60. The van der Waals surface area contributed by atoms with Crippen LogP contribution in [0.1, 0.15) is 52.8 Å². The van der Waals surface area contributed by atoms with Crippen molar-refractivity contribution in [2.45, 2.75) is 53.9 Å². The van der Waals surface area contributed by atoms with Gasteiger partial charge in [0.05, 0.1) is 6.42 Å². The van der Waals surface area contributed by atoms with Gasteiger partial charge in [0, 0.05) is 11.8 Å². The summed E-state index contributed by atoms with van der Waals surface area (Å²) in [6.07, 6.45) is 2.08. The van der Waals surface area contributed by atoms with Crippen LogP contribution < -0.4 is 0 Å². The second-order valence-electron chi connectivity index (χ2n) is 5.89. The molecule has 0 saturated carbocycles. The van der Waals surface area contributed by atoms with Crippen LogP contribution in [-0.4, -0.2) is 15.9 Å². The highest BCUT2D eigenvalue weighted by atomic mass is 16.5. The van der Waals surface area contributed by atoms with Gasteiger partial charge in [0.15, 0.2) is 5.82 Å². The summed E-state index contributed by atoms with van der Waals surface area (Å²) < 4.78 is 5.08. The summed E-state index contributed by atoms with van der Waals surface area (Å²) in [4.78, 5) is 16.0. The first-order valence-corrected chi connectivity index (χ1v) is 6.14. The fourth-order valence-electron chi connectivity index (χ4n) is 1.28. The summed E-state index contributed by atoms with van der Waals surface area (Å²) in [7, 11) is 0. The van der Waals surface area contributed by atoms with E-state index in [2.05, 4.69) is 24.0 Å². The van der Waals surface area contributed by atoms with E-state index in [9.17, 15) is 4.79 Å². The summed E-state index contributed by atoms with van der Waals surface area (Å²) in [6.45, 7) is 10.00. The highest BCUT2D eigenvalue weighted by molar-refractivity contribution is 5.84. The Labute approximate surface area is 103 Å². The normalized spacial score (nSPS) is 12.1. The summed E-state index contributed by atoms with van der Waals surface area (Å²) in [5, 5.41) is 3.88. The molecule has 17 heavy (non-hydrogen) atoms. The van der Waals surface area contributed by atoms with Crippen LogP contribution in [0.4, 0.5) is 0 Å². The van der Waals surface area contributed by atoms with Crippen molar-refractivity contribution < 1.29 is 9.32 Å². The molecule has 96 valence electrons. The van der Waals surface area contributed by atoms with E-state index in [0.29, 0.717) is 17.6 Å². The number of hydrogen-bond acceptors (Lipinski definition) is 4. The van der Waals surface area contributed by atoms with Gasteiger partial charge in [0.25, 0.3) is 0 Å². The van der Waals surface area contributed by atoms with E-state index >= 15 is 0 Å². The molecule has 4 heteroatoms. The molecule has 0 aliphatic rings. The van der Waals surface area contributed by atoms with Crippen LogP contribution in [0.2, 0.25) is 0 Å². The second-order valence-corrected chi connectivity index (χ2v) is 5.89. The van der Waals surface area contributed by atoms with Crippen molar-refractivity contribution in [1.29, 1.82) is 0 Å². The molecule has 0 atom stereocenters. The maximum absolute atomic E-state index is 11.8. The van der Waals surface area contributed by atoms with Crippen molar-refractivity contribution in [2.24, 2.45) is 11.3 Å². The molecule has 0 radical (unpaired) electrons. The predicted molar refractivity (Wildman–Crippen MR) is 65.6 cm³/mol. The third-order valence-electron chi connectivity index (χ3n) is 2.60. The highest BCUT2D eigenvalue weighted by Crippen LogP contribution is 2.17. The number of hydrogen-bond donors (Lipinski definition) is 0. The quantitative estimate of drug-likeness (QED) is 0.791. The van der Waals surface area contributed by atoms with Gasteiger partial charge < -0.3 is 4.52 Å². The number of aryl methyl sites for hydroxylation is 1. The van der Waals surface area contributed by atoms with Crippen LogP contribution >= 0.6 is 0 Å². The third kappa shape index (κ3) is 4.67. The second kappa shape index (κ2) is 5.43. The molecule has 0 N–H and O–H groups in total. The fraction of sp³-hybridized carbons (Fsp3) is 0.769. The minimum atomic E-state index is -0.355. The van der Waals surface area contributed by atoms with Crippen molar-refractivity contribution in [3.8, 4) is 0 Å². The maximum Gasteiger partial charge on any atom is 0.234 e. The lowest BCUT2D eigenvalue weighted by Gasteiger charge is -2.14. The van der Waals surface area contributed by atoms with E-state index in [1.165, 1.54) is 0 Å². The Kier molecular flexibility index (Phi) is 4.43. The predicted octanol–water partition coefficient (Wildman–Crippen LogP) is 2.82. The molecule has 0 aliphatic heterocycles. The molecular weight excluding hydrogens is 216 g/mol. The van der Waals surface area contributed by atoms with Crippen molar-refractivity contribution in [2.75, 3.05) is 0 Å². The van der Waals surface area contributed by atoms with Crippen molar-refractivity contribution in [3.63, 3.8) is 0 Å². The van der Waals surface area contributed by atoms with Crippen LogP contribution in [0.15, 0.2) is 4.52 Å². The van der Waals surface area contributed by atoms with E-state index in [1.807, 2.05) is 20.8 Å². The number of carbonyl (C=O) groups is 1. The standard InChI is InChI=1S/C13H22N2O2/c1-9(2)6-7-11-14-12(17-15-11)8-10(16)13(3,4)5/h9H,6-8H2,1-5H3. The zero-order valence-electron chi connectivity index (χ0n) is 11.4. The Morgan fingerprint density at radius 2 is 2.00 bits per heavy atom. The topological polar surface area (TPSA) is 56.0 Å². The average Bonchev–Trinajstić information content (AvgIpc) is 2.61. The summed E-state index contributed by atoms with van der Waals surface area (Å²) in [5.74, 6) is 1.88. The zero-order valence-corrected chi connectivity index (χ0v) is 11.4. The van der Waals surface area contributed by atoms with Gasteiger partial charge in [0.1, 0.15) is 5.78 Å². The lowest BCUT2D eigenvalue weighted by Crippen LogP contribution is -2.22. The zero-order chi connectivity index (χ0) is 13.1. The first kappa shape index (κ1) is 13.9. The molecule has 1 aromatic rings. The average molecular weight is 238 g/mol. The molecule has 0 aliphatic carbocycles. The van der Waals surface area contributed by atoms with E-state index in [1.54, 1.807) is 0 Å². The molecule has 0 saturated heterocycles. The van der Waals surface area contributed by atoms with Gasteiger partial charge in [-0.3, -0.25) is 4.79 Å². The number of ketones is 1. The molecule has 0 fully saturated rings. The van der Waals surface area contributed by atoms with Crippen LogP contribution in [0.25, 0.3) is 0 Å². The summed E-state index contributed by atoms with van der Waals surface area (Å²) in [5.41, 5.74) is -0.355. The Hall–Kier alpha value is -1.19. The minimum Gasteiger partial charge on any atom is -0.339 e. The first-order chi connectivity index (χ1) is 7.79. The van der Waals surface area contributed by atoms with Crippen molar-refractivity contribution >= 4 is 5.78 Å². The summed E-state index contributed by atoms with van der Waals surface area (Å²) >= 11 is 0. The minimum absolute atomic E-state index is 0.122. The fourth-order valence-corrected chi connectivity index (χ4v) is 1.28. The van der Waals surface area contributed by atoms with Gasteiger partial charge in [-0.15, -0.1) is 0 Å². The first-order valence-electron chi connectivity index (χ1n) is 6.14. The van der Waals surface area contributed by atoms with Gasteiger partial charge in [0.2, 0.25) is 5.89 Å². The van der Waals surface area contributed by atoms with Crippen LogP contribution in [-0.2, 0) is 17.6 Å². The van der Waals surface area contributed by atoms with E-state index < -0.39 is 0 Å². The van der Waals surface area contributed by atoms with E-state index in [-0.39, 0.29) is 17.6 Å². The molecular formula is C13H22N2O2.